The highest BCUT2D eigenvalue weighted by atomic mass is 32.2. The standard InChI is InChI=1S/C16H19N5O3S/c22-16(18-12-4-7-25(23,24)10-12)21-6-3-13-14(9-21)20-15(19-13)11-2-1-5-17-8-11/h1-2,5,8,12H,3-4,6-7,9-10H2,(H,18,22)(H,19,20)/t12-/m0/s1. The van der Waals surface area contributed by atoms with E-state index in [1.54, 1.807) is 17.3 Å². The van der Waals surface area contributed by atoms with E-state index in [1.165, 1.54) is 0 Å². The first-order chi connectivity index (χ1) is 12.0. The molecule has 2 N–H and O–H groups in total. The number of carbonyl (C=O) groups is 1. The summed E-state index contributed by atoms with van der Waals surface area (Å²) in [6, 6.07) is 3.28. The van der Waals surface area contributed by atoms with Gasteiger partial charge in [0.25, 0.3) is 0 Å². The average Bonchev–Trinajstić information content (AvgIpc) is 3.17. The van der Waals surface area contributed by atoms with Gasteiger partial charge in [0.1, 0.15) is 5.82 Å². The summed E-state index contributed by atoms with van der Waals surface area (Å²) in [6.45, 7) is 1.00. The predicted octanol–water partition coefficient (Wildman–Crippen LogP) is 0.726. The molecule has 2 amide bonds. The van der Waals surface area contributed by atoms with E-state index >= 15 is 0 Å². The van der Waals surface area contributed by atoms with Crippen LogP contribution in [0.15, 0.2) is 24.5 Å². The van der Waals surface area contributed by atoms with Crippen LogP contribution in [0.4, 0.5) is 4.79 Å². The van der Waals surface area contributed by atoms with Gasteiger partial charge in [-0.1, -0.05) is 0 Å². The van der Waals surface area contributed by atoms with Gasteiger partial charge in [0, 0.05) is 37.0 Å². The van der Waals surface area contributed by atoms with Crippen LogP contribution in [0.5, 0.6) is 0 Å². The summed E-state index contributed by atoms with van der Waals surface area (Å²) in [5.41, 5.74) is 2.79. The van der Waals surface area contributed by atoms with Crippen molar-refractivity contribution in [1.82, 2.24) is 25.2 Å². The van der Waals surface area contributed by atoms with Crippen LogP contribution in [0.2, 0.25) is 0 Å². The van der Waals surface area contributed by atoms with E-state index in [-0.39, 0.29) is 23.6 Å². The van der Waals surface area contributed by atoms with Gasteiger partial charge in [-0.15, -0.1) is 0 Å². The molecule has 4 rings (SSSR count). The minimum atomic E-state index is -3.00. The Morgan fingerprint density at radius 1 is 1.40 bits per heavy atom. The zero-order valence-electron chi connectivity index (χ0n) is 13.6. The van der Waals surface area contributed by atoms with E-state index in [1.807, 2.05) is 12.1 Å². The number of H-pyrrole nitrogens is 1. The van der Waals surface area contributed by atoms with E-state index in [9.17, 15) is 13.2 Å². The number of pyridine rings is 1. The molecule has 1 atom stereocenters. The number of hydrogen-bond acceptors (Lipinski definition) is 5. The second-order valence-electron chi connectivity index (χ2n) is 6.47. The zero-order chi connectivity index (χ0) is 17.4. The van der Waals surface area contributed by atoms with Gasteiger partial charge in [0.2, 0.25) is 0 Å². The van der Waals surface area contributed by atoms with Gasteiger partial charge in [-0.05, 0) is 18.6 Å². The van der Waals surface area contributed by atoms with Gasteiger partial charge in [-0.25, -0.2) is 18.2 Å². The molecule has 8 nitrogen and oxygen atoms in total. The molecule has 1 fully saturated rings. The summed E-state index contributed by atoms with van der Waals surface area (Å²) in [5, 5.41) is 2.84. The lowest BCUT2D eigenvalue weighted by molar-refractivity contribution is 0.188. The van der Waals surface area contributed by atoms with Crippen molar-refractivity contribution >= 4 is 15.9 Å². The van der Waals surface area contributed by atoms with E-state index < -0.39 is 9.84 Å². The number of rotatable bonds is 2. The fraction of sp³-hybridized carbons (Fsp3) is 0.438. The number of nitrogens with one attached hydrogen (secondary N) is 2. The molecule has 0 spiro atoms. The quantitative estimate of drug-likeness (QED) is 0.820. The lowest BCUT2D eigenvalue weighted by atomic mass is 10.1. The number of amides is 2. The minimum Gasteiger partial charge on any atom is -0.340 e. The highest BCUT2D eigenvalue weighted by Crippen LogP contribution is 2.22. The smallest absolute Gasteiger partial charge is 0.318 e. The number of hydrogen-bond donors (Lipinski definition) is 2. The molecule has 0 unspecified atom stereocenters. The molecule has 0 aromatic carbocycles. The SMILES string of the molecule is O=C(N[C@H]1CCS(=O)(=O)C1)N1CCc2nc(-c3cccnc3)[nH]c2C1. The molecule has 0 radical (unpaired) electrons. The van der Waals surface area contributed by atoms with Gasteiger partial charge in [-0.3, -0.25) is 4.98 Å². The number of nitrogens with zero attached hydrogens (tertiary/aromatic N) is 3. The predicted molar refractivity (Wildman–Crippen MR) is 91.5 cm³/mol. The van der Waals surface area contributed by atoms with E-state index in [4.69, 9.17) is 0 Å². The molecule has 9 heteroatoms. The van der Waals surface area contributed by atoms with Gasteiger partial charge in [-0.2, -0.15) is 0 Å². The Kier molecular flexibility index (Phi) is 3.95. The maximum Gasteiger partial charge on any atom is 0.318 e. The van der Waals surface area contributed by atoms with Crippen molar-refractivity contribution in [2.75, 3.05) is 18.1 Å². The molecule has 0 aliphatic carbocycles. The normalized spacial score (nSPS) is 21.8. The first kappa shape index (κ1) is 16.1. The molecule has 132 valence electrons. The number of fused-ring (bicyclic) bond motifs is 1. The zero-order valence-corrected chi connectivity index (χ0v) is 14.4. The third-order valence-corrected chi connectivity index (χ3v) is 6.38. The lowest BCUT2D eigenvalue weighted by Gasteiger charge is -2.27. The summed E-state index contributed by atoms with van der Waals surface area (Å²) in [4.78, 5) is 26.1. The van der Waals surface area contributed by atoms with E-state index in [2.05, 4.69) is 20.3 Å². The Morgan fingerprint density at radius 2 is 2.28 bits per heavy atom. The van der Waals surface area contributed by atoms with Crippen LogP contribution in [0.25, 0.3) is 11.4 Å². The number of aromatic nitrogens is 3. The molecule has 25 heavy (non-hydrogen) atoms. The van der Waals surface area contributed by atoms with Crippen molar-refractivity contribution in [1.29, 1.82) is 0 Å². The molecule has 4 heterocycles. The van der Waals surface area contributed by atoms with Crippen molar-refractivity contribution in [2.45, 2.75) is 25.4 Å². The van der Waals surface area contributed by atoms with Crippen molar-refractivity contribution in [3.05, 3.63) is 35.9 Å². The Balaban J connectivity index is 1.44. The topological polar surface area (TPSA) is 108 Å². The summed E-state index contributed by atoms with van der Waals surface area (Å²) >= 11 is 0. The number of carbonyl (C=O) groups excluding carboxylic acids is 1. The van der Waals surface area contributed by atoms with Crippen molar-refractivity contribution in [3.8, 4) is 11.4 Å². The fourth-order valence-electron chi connectivity index (χ4n) is 3.28. The second-order valence-corrected chi connectivity index (χ2v) is 8.70. The summed E-state index contributed by atoms with van der Waals surface area (Å²) in [7, 11) is -3.00. The molecule has 1 saturated heterocycles. The first-order valence-electron chi connectivity index (χ1n) is 8.24. The third kappa shape index (κ3) is 3.37. The maximum atomic E-state index is 12.4. The van der Waals surface area contributed by atoms with Crippen LogP contribution >= 0.6 is 0 Å². The largest absolute Gasteiger partial charge is 0.340 e. The van der Waals surface area contributed by atoms with Crippen molar-refractivity contribution in [2.24, 2.45) is 0 Å². The molecule has 0 saturated carbocycles. The van der Waals surface area contributed by atoms with Crippen molar-refractivity contribution < 1.29 is 13.2 Å². The number of aromatic amines is 1. The Bertz CT molecular complexity index is 894. The molecular formula is C16H19N5O3S. The number of sulfone groups is 1. The molecule has 2 aliphatic heterocycles. The molecule has 0 bridgehead atoms. The Labute approximate surface area is 145 Å². The highest BCUT2D eigenvalue weighted by molar-refractivity contribution is 7.91. The number of imidazole rings is 1. The van der Waals surface area contributed by atoms with E-state index in [0.717, 1.165) is 22.8 Å². The summed E-state index contributed by atoms with van der Waals surface area (Å²) in [6.07, 6.45) is 4.61. The molecular weight excluding hydrogens is 342 g/mol. The minimum absolute atomic E-state index is 0.0348. The van der Waals surface area contributed by atoms with Crippen LogP contribution < -0.4 is 5.32 Å². The van der Waals surface area contributed by atoms with Crippen molar-refractivity contribution in [3.63, 3.8) is 0 Å². The molecule has 2 aliphatic rings. The van der Waals surface area contributed by atoms with Crippen LogP contribution in [-0.2, 0) is 22.8 Å². The Hall–Kier alpha value is -2.42. The van der Waals surface area contributed by atoms with Crippen LogP contribution in [-0.4, -0.2) is 58.4 Å². The lowest BCUT2D eigenvalue weighted by Crippen LogP contribution is -2.47. The summed E-state index contributed by atoms with van der Waals surface area (Å²) in [5.74, 6) is 0.937. The number of urea groups is 1. The van der Waals surface area contributed by atoms with Gasteiger partial charge in [0.05, 0.1) is 29.4 Å². The molecule has 2 aromatic rings. The average molecular weight is 361 g/mol. The van der Waals surface area contributed by atoms with Crippen LogP contribution in [0.3, 0.4) is 0 Å². The van der Waals surface area contributed by atoms with Gasteiger partial charge < -0.3 is 15.2 Å². The Morgan fingerprint density at radius 3 is 3.00 bits per heavy atom. The monoisotopic (exact) mass is 361 g/mol. The maximum absolute atomic E-state index is 12.4. The fourth-order valence-corrected chi connectivity index (χ4v) is 4.95. The van der Waals surface area contributed by atoms with Crippen LogP contribution in [0.1, 0.15) is 17.8 Å². The van der Waals surface area contributed by atoms with Crippen LogP contribution in [0, 0.1) is 0 Å². The summed E-state index contributed by atoms with van der Waals surface area (Å²) < 4.78 is 23.0. The van der Waals surface area contributed by atoms with E-state index in [0.29, 0.717) is 25.9 Å². The molecule has 2 aromatic heterocycles. The van der Waals surface area contributed by atoms with Gasteiger partial charge in [0.15, 0.2) is 9.84 Å². The third-order valence-electron chi connectivity index (χ3n) is 4.61. The highest BCUT2D eigenvalue weighted by Gasteiger charge is 2.31. The second kappa shape index (κ2) is 6.14. The first-order valence-corrected chi connectivity index (χ1v) is 10.1. The van der Waals surface area contributed by atoms with Gasteiger partial charge >= 0.3 is 6.03 Å².